The lowest BCUT2D eigenvalue weighted by atomic mass is 9.98. The Morgan fingerprint density at radius 3 is 2.60 bits per heavy atom. The van der Waals surface area contributed by atoms with Gasteiger partial charge >= 0.3 is 0 Å². The number of carbonyl (C=O) groups excluding carboxylic acids is 1. The summed E-state index contributed by atoms with van der Waals surface area (Å²) in [5, 5.41) is 0. The fourth-order valence-corrected chi connectivity index (χ4v) is 4.16. The Balaban J connectivity index is 1.79. The van der Waals surface area contributed by atoms with Crippen LogP contribution in [0.15, 0.2) is 24.3 Å². The topological polar surface area (TPSA) is 36.0 Å². The van der Waals surface area contributed by atoms with E-state index in [1.54, 1.807) is 0 Å². The Labute approximate surface area is 151 Å². The van der Waals surface area contributed by atoms with Gasteiger partial charge in [0, 0.05) is 37.9 Å². The highest BCUT2D eigenvalue weighted by molar-refractivity contribution is 6.00. The van der Waals surface area contributed by atoms with Gasteiger partial charge in [-0.2, -0.15) is 0 Å². The van der Waals surface area contributed by atoms with Crippen LogP contribution < -0.4 is 4.90 Å². The minimum atomic E-state index is 0.174. The smallest absolute Gasteiger partial charge is 0.256 e. The van der Waals surface area contributed by atoms with Crippen LogP contribution in [0, 0.1) is 5.92 Å². The monoisotopic (exact) mass is 345 g/mol. The Morgan fingerprint density at radius 1 is 1.20 bits per heavy atom. The molecule has 0 spiro atoms. The highest BCUT2D eigenvalue weighted by Gasteiger charge is 2.36. The van der Waals surface area contributed by atoms with Crippen LogP contribution in [0.2, 0.25) is 0 Å². The third-order valence-electron chi connectivity index (χ3n) is 5.50. The van der Waals surface area contributed by atoms with Crippen molar-refractivity contribution >= 4 is 11.6 Å². The molecular weight excluding hydrogens is 314 g/mol. The number of likely N-dealkylation sites (tertiary alicyclic amines) is 1. The summed E-state index contributed by atoms with van der Waals surface area (Å²) < 4.78 is 5.46. The van der Waals surface area contributed by atoms with Crippen LogP contribution in [0.3, 0.4) is 0 Å². The number of morpholine rings is 1. The Bertz CT molecular complexity index is 584. The molecule has 25 heavy (non-hydrogen) atoms. The molecule has 1 aromatic rings. The van der Waals surface area contributed by atoms with Gasteiger partial charge in [0.2, 0.25) is 0 Å². The van der Waals surface area contributed by atoms with Crippen molar-refractivity contribution in [2.45, 2.75) is 25.8 Å². The number of hydrogen-bond donors (Lipinski definition) is 0. The minimum absolute atomic E-state index is 0.174. The van der Waals surface area contributed by atoms with E-state index in [9.17, 15) is 4.79 Å². The van der Waals surface area contributed by atoms with E-state index in [0.717, 1.165) is 50.6 Å². The van der Waals surface area contributed by atoms with E-state index < -0.39 is 0 Å². The maximum absolute atomic E-state index is 13.3. The molecule has 2 saturated heterocycles. The number of likely N-dealkylation sites (N-methyl/N-ethyl adjacent to an activating group) is 1. The van der Waals surface area contributed by atoms with E-state index in [0.29, 0.717) is 12.0 Å². The molecule has 0 bridgehead atoms. The average molecular weight is 345 g/mol. The van der Waals surface area contributed by atoms with E-state index in [2.05, 4.69) is 41.8 Å². The molecule has 5 heteroatoms. The van der Waals surface area contributed by atoms with Gasteiger partial charge in [0.05, 0.1) is 18.8 Å². The average Bonchev–Trinajstić information content (AvgIpc) is 3.06. The van der Waals surface area contributed by atoms with Gasteiger partial charge in [-0.15, -0.1) is 0 Å². The molecule has 2 atom stereocenters. The Hall–Kier alpha value is -1.59. The summed E-state index contributed by atoms with van der Waals surface area (Å²) >= 11 is 0. The molecule has 2 fully saturated rings. The lowest BCUT2D eigenvalue weighted by molar-refractivity contribution is 0.0780. The largest absolute Gasteiger partial charge is 0.378 e. The number of rotatable bonds is 5. The summed E-state index contributed by atoms with van der Waals surface area (Å²) in [6.45, 7) is 7.08. The van der Waals surface area contributed by atoms with Crippen molar-refractivity contribution in [3.05, 3.63) is 29.8 Å². The van der Waals surface area contributed by atoms with E-state index >= 15 is 0 Å². The lowest BCUT2D eigenvalue weighted by Crippen LogP contribution is -2.39. The second-order valence-electron chi connectivity index (χ2n) is 7.41. The molecule has 2 heterocycles. The van der Waals surface area contributed by atoms with Gasteiger partial charge in [-0.3, -0.25) is 4.79 Å². The van der Waals surface area contributed by atoms with Crippen LogP contribution in [-0.2, 0) is 4.74 Å². The molecule has 0 aliphatic carbocycles. The highest BCUT2D eigenvalue weighted by atomic mass is 16.5. The standard InChI is InChI=1S/C20H31N3O2/c1-4-7-16-14-23(15-19(16)21(2)3)20(24)17-8-5-6-9-18(17)22-10-12-25-13-11-22/h5-6,8-9,16,19H,4,7,10-15H2,1-3H3/t16-,19-/m1/s1. The molecule has 5 nitrogen and oxygen atoms in total. The van der Waals surface area contributed by atoms with Crippen LogP contribution in [0.1, 0.15) is 30.1 Å². The summed E-state index contributed by atoms with van der Waals surface area (Å²) in [5.74, 6) is 0.743. The number of nitrogens with zero attached hydrogens (tertiary/aromatic N) is 3. The number of para-hydroxylation sites is 1. The van der Waals surface area contributed by atoms with Gasteiger partial charge in [-0.1, -0.05) is 25.5 Å². The summed E-state index contributed by atoms with van der Waals surface area (Å²) in [6, 6.07) is 8.50. The first-order chi connectivity index (χ1) is 12.1. The SMILES string of the molecule is CCC[C@@H]1CN(C(=O)c2ccccc2N2CCOCC2)C[C@H]1N(C)C. The third-order valence-corrected chi connectivity index (χ3v) is 5.50. The molecule has 3 rings (SSSR count). The highest BCUT2D eigenvalue weighted by Crippen LogP contribution is 2.29. The number of hydrogen-bond acceptors (Lipinski definition) is 4. The number of benzene rings is 1. The lowest BCUT2D eigenvalue weighted by Gasteiger charge is -2.31. The van der Waals surface area contributed by atoms with Crippen molar-refractivity contribution in [3.8, 4) is 0 Å². The quantitative estimate of drug-likeness (QED) is 0.821. The maximum atomic E-state index is 13.3. The first kappa shape index (κ1) is 18.2. The molecular formula is C20H31N3O2. The molecule has 0 radical (unpaired) electrons. The van der Waals surface area contributed by atoms with Crippen molar-refractivity contribution < 1.29 is 9.53 Å². The van der Waals surface area contributed by atoms with E-state index in [1.165, 1.54) is 12.8 Å². The van der Waals surface area contributed by atoms with Crippen LogP contribution in [0.25, 0.3) is 0 Å². The van der Waals surface area contributed by atoms with Crippen LogP contribution in [0.4, 0.5) is 5.69 Å². The van der Waals surface area contributed by atoms with Gasteiger partial charge in [0.25, 0.3) is 5.91 Å². The molecule has 138 valence electrons. The van der Waals surface area contributed by atoms with Gasteiger partial charge in [0.1, 0.15) is 0 Å². The molecule has 2 aliphatic rings. The summed E-state index contributed by atoms with van der Waals surface area (Å²) in [7, 11) is 4.26. The summed E-state index contributed by atoms with van der Waals surface area (Å²) in [4.78, 5) is 19.9. The molecule has 1 amide bonds. The van der Waals surface area contributed by atoms with E-state index in [1.807, 2.05) is 18.2 Å². The molecule has 1 aromatic carbocycles. The van der Waals surface area contributed by atoms with Crippen molar-refractivity contribution in [3.63, 3.8) is 0 Å². The first-order valence-electron chi connectivity index (χ1n) is 9.49. The predicted molar refractivity (Wildman–Crippen MR) is 101 cm³/mol. The van der Waals surface area contributed by atoms with Crippen molar-refractivity contribution in [1.29, 1.82) is 0 Å². The number of anilines is 1. The van der Waals surface area contributed by atoms with Gasteiger partial charge < -0.3 is 19.4 Å². The zero-order valence-electron chi connectivity index (χ0n) is 15.8. The molecule has 2 aliphatic heterocycles. The number of amides is 1. The number of carbonyl (C=O) groups is 1. The molecule has 0 saturated carbocycles. The zero-order valence-corrected chi connectivity index (χ0v) is 15.8. The molecule has 0 unspecified atom stereocenters. The second kappa shape index (κ2) is 8.19. The van der Waals surface area contributed by atoms with Crippen LogP contribution in [-0.4, -0.2) is 75.2 Å². The fraction of sp³-hybridized carbons (Fsp3) is 0.650. The van der Waals surface area contributed by atoms with Crippen molar-refractivity contribution in [1.82, 2.24) is 9.80 Å². The van der Waals surface area contributed by atoms with Crippen molar-refractivity contribution in [2.24, 2.45) is 5.92 Å². The van der Waals surface area contributed by atoms with Gasteiger partial charge in [-0.25, -0.2) is 0 Å². The Kier molecular flexibility index (Phi) is 5.97. The van der Waals surface area contributed by atoms with Crippen LogP contribution >= 0.6 is 0 Å². The summed E-state index contributed by atoms with van der Waals surface area (Å²) in [5.41, 5.74) is 1.88. The molecule has 0 N–H and O–H groups in total. The van der Waals surface area contributed by atoms with E-state index in [4.69, 9.17) is 4.74 Å². The normalized spacial score (nSPS) is 24.2. The fourth-order valence-electron chi connectivity index (χ4n) is 4.16. The Morgan fingerprint density at radius 2 is 1.92 bits per heavy atom. The predicted octanol–water partition coefficient (Wildman–Crippen LogP) is 2.33. The summed E-state index contributed by atoms with van der Waals surface area (Å²) in [6.07, 6.45) is 2.35. The minimum Gasteiger partial charge on any atom is -0.378 e. The second-order valence-corrected chi connectivity index (χ2v) is 7.41. The third kappa shape index (κ3) is 3.98. The van der Waals surface area contributed by atoms with Crippen LogP contribution in [0.5, 0.6) is 0 Å². The maximum Gasteiger partial charge on any atom is 0.256 e. The van der Waals surface area contributed by atoms with Crippen molar-refractivity contribution in [2.75, 3.05) is 58.4 Å². The van der Waals surface area contributed by atoms with Gasteiger partial charge in [0.15, 0.2) is 0 Å². The first-order valence-corrected chi connectivity index (χ1v) is 9.49. The van der Waals surface area contributed by atoms with E-state index in [-0.39, 0.29) is 5.91 Å². The molecule has 0 aromatic heterocycles. The zero-order chi connectivity index (χ0) is 17.8. The number of ether oxygens (including phenoxy) is 1. The van der Waals surface area contributed by atoms with Gasteiger partial charge in [-0.05, 0) is 38.6 Å².